The summed E-state index contributed by atoms with van der Waals surface area (Å²) in [6.07, 6.45) is 1.57. The molecule has 108 valence electrons. The normalized spacial score (nSPS) is 21.8. The van der Waals surface area contributed by atoms with E-state index in [4.69, 9.17) is 5.73 Å². The number of nitrogens with zero attached hydrogens (tertiary/aromatic N) is 3. The molecule has 0 bridgehead atoms. The lowest BCUT2D eigenvalue weighted by Crippen LogP contribution is -2.56. The first-order chi connectivity index (χ1) is 8.91. The van der Waals surface area contributed by atoms with Crippen molar-refractivity contribution >= 4 is 17.5 Å². The number of carbonyl (C=O) groups excluding carboxylic acids is 2. The van der Waals surface area contributed by atoms with Crippen molar-refractivity contribution in [3.63, 3.8) is 0 Å². The van der Waals surface area contributed by atoms with Crippen LogP contribution in [-0.4, -0.2) is 66.6 Å². The number of hydrogen-bond acceptors (Lipinski definition) is 4. The van der Waals surface area contributed by atoms with E-state index < -0.39 is 0 Å². The molecule has 1 amide bonds. The summed E-state index contributed by atoms with van der Waals surface area (Å²) >= 11 is 0. The van der Waals surface area contributed by atoms with Gasteiger partial charge in [0.25, 0.3) is 0 Å². The van der Waals surface area contributed by atoms with Gasteiger partial charge in [0.1, 0.15) is 5.78 Å². The third kappa shape index (κ3) is 4.98. The molecule has 1 unspecified atom stereocenters. The first kappa shape index (κ1) is 15.6. The topological polar surface area (TPSA) is 79.0 Å². The molecule has 0 aromatic heterocycles. The zero-order valence-electron chi connectivity index (χ0n) is 12.1. The molecule has 19 heavy (non-hydrogen) atoms. The highest BCUT2D eigenvalue weighted by atomic mass is 16.2. The number of ketones is 1. The minimum Gasteiger partial charge on any atom is -0.388 e. The number of amides is 1. The third-order valence-electron chi connectivity index (χ3n) is 3.26. The molecule has 1 atom stereocenters. The Bertz CT molecular complexity index is 364. The molecule has 2 N–H and O–H groups in total. The Hall–Kier alpha value is -1.43. The number of nitrogens with two attached hydrogens (primary N) is 1. The number of rotatable bonds is 6. The van der Waals surface area contributed by atoms with Crippen LogP contribution in [0.4, 0.5) is 0 Å². The molecule has 0 radical (unpaired) electrons. The maximum Gasteiger partial charge on any atom is 0.240 e. The molecule has 1 rings (SSSR count). The summed E-state index contributed by atoms with van der Waals surface area (Å²) in [7, 11) is 1.95. The van der Waals surface area contributed by atoms with Crippen molar-refractivity contribution in [2.45, 2.75) is 32.7 Å². The van der Waals surface area contributed by atoms with Crippen LogP contribution < -0.4 is 5.73 Å². The van der Waals surface area contributed by atoms with Crippen LogP contribution in [0.25, 0.3) is 0 Å². The fraction of sp³-hybridized carbons (Fsp3) is 0.769. The summed E-state index contributed by atoms with van der Waals surface area (Å²) in [6.45, 7) is 5.58. The fourth-order valence-corrected chi connectivity index (χ4v) is 2.25. The van der Waals surface area contributed by atoms with E-state index in [9.17, 15) is 9.59 Å². The van der Waals surface area contributed by atoms with Gasteiger partial charge in [-0.3, -0.25) is 19.5 Å². The Labute approximate surface area is 114 Å². The van der Waals surface area contributed by atoms with E-state index >= 15 is 0 Å². The van der Waals surface area contributed by atoms with Crippen LogP contribution in [0.3, 0.4) is 0 Å². The summed E-state index contributed by atoms with van der Waals surface area (Å²) in [5, 5.41) is 0. The molecule has 0 aromatic rings. The van der Waals surface area contributed by atoms with E-state index in [0.29, 0.717) is 18.9 Å². The predicted molar refractivity (Wildman–Crippen MR) is 75.1 cm³/mol. The molecule has 0 aromatic carbocycles. The lowest BCUT2D eigenvalue weighted by atomic mass is 10.1. The maximum atomic E-state index is 12.3. The largest absolute Gasteiger partial charge is 0.388 e. The van der Waals surface area contributed by atoms with Gasteiger partial charge < -0.3 is 10.6 Å². The van der Waals surface area contributed by atoms with Crippen molar-refractivity contribution in [2.75, 3.05) is 33.2 Å². The highest BCUT2D eigenvalue weighted by Crippen LogP contribution is 2.14. The van der Waals surface area contributed by atoms with E-state index in [1.54, 1.807) is 11.8 Å². The zero-order valence-corrected chi connectivity index (χ0v) is 12.1. The van der Waals surface area contributed by atoms with Gasteiger partial charge in [-0.2, -0.15) is 0 Å². The van der Waals surface area contributed by atoms with Crippen molar-refractivity contribution in [1.82, 2.24) is 9.80 Å². The Balaban J connectivity index is 2.51. The molecule has 6 heteroatoms. The van der Waals surface area contributed by atoms with Crippen LogP contribution in [0.5, 0.6) is 0 Å². The number of hydrogen-bond donors (Lipinski definition) is 1. The van der Waals surface area contributed by atoms with Crippen molar-refractivity contribution in [2.24, 2.45) is 10.7 Å². The second kappa shape index (κ2) is 7.23. The Morgan fingerprint density at radius 1 is 1.42 bits per heavy atom. The van der Waals surface area contributed by atoms with Gasteiger partial charge in [0.2, 0.25) is 5.91 Å². The third-order valence-corrected chi connectivity index (χ3v) is 3.26. The van der Waals surface area contributed by atoms with Gasteiger partial charge in [-0.15, -0.1) is 0 Å². The van der Waals surface area contributed by atoms with Gasteiger partial charge in [-0.05, 0) is 33.7 Å². The summed E-state index contributed by atoms with van der Waals surface area (Å²) < 4.78 is 0. The van der Waals surface area contributed by atoms with Gasteiger partial charge in [0, 0.05) is 19.6 Å². The Morgan fingerprint density at radius 2 is 2.11 bits per heavy atom. The van der Waals surface area contributed by atoms with E-state index in [0.717, 1.165) is 19.4 Å². The highest BCUT2D eigenvalue weighted by molar-refractivity contribution is 5.88. The molecule has 0 aliphatic carbocycles. The van der Waals surface area contributed by atoms with Gasteiger partial charge in [0.15, 0.2) is 0 Å². The number of aliphatic imine (C=N–C) groups is 1. The second-order valence-electron chi connectivity index (χ2n) is 5.12. The molecule has 0 saturated carbocycles. The van der Waals surface area contributed by atoms with E-state index in [1.165, 1.54) is 6.92 Å². The van der Waals surface area contributed by atoms with Crippen molar-refractivity contribution in [3.05, 3.63) is 0 Å². The van der Waals surface area contributed by atoms with Gasteiger partial charge >= 0.3 is 0 Å². The quantitative estimate of drug-likeness (QED) is 0.414. The average Bonchev–Trinajstić information content (AvgIpc) is 2.31. The average molecular weight is 268 g/mol. The van der Waals surface area contributed by atoms with E-state index in [2.05, 4.69) is 9.89 Å². The molecule has 6 nitrogen and oxygen atoms in total. The van der Waals surface area contributed by atoms with Crippen LogP contribution in [0.1, 0.15) is 26.7 Å². The van der Waals surface area contributed by atoms with Crippen LogP contribution in [0.2, 0.25) is 0 Å². The maximum absolute atomic E-state index is 12.3. The number of likely N-dealkylation sites (N-methyl/N-ethyl adjacent to an activating group) is 1. The van der Waals surface area contributed by atoms with Crippen molar-refractivity contribution in [3.8, 4) is 0 Å². The first-order valence-electron chi connectivity index (χ1n) is 6.66. The van der Waals surface area contributed by atoms with E-state index in [1.807, 2.05) is 7.05 Å². The van der Waals surface area contributed by atoms with Crippen LogP contribution in [0.15, 0.2) is 4.99 Å². The van der Waals surface area contributed by atoms with Crippen LogP contribution in [-0.2, 0) is 9.59 Å². The summed E-state index contributed by atoms with van der Waals surface area (Å²) in [6, 6.07) is -0.138. The molecule has 1 aliphatic rings. The first-order valence-corrected chi connectivity index (χ1v) is 6.66. The second-order valence-corrected chi connectivity index (χ2v) is 5.12. The molecule has 0 spiro atoms. The lowest BCUT2D eigenvalue weighted by molar-refractivity contribution is -0.143. The Kier molecular flexibility index (Phi) is 5.95. The van der Waals surface area contributed by atoms with Crippen LogP contribution in [0, 0.1) is 0 Å². The molecular formula is C13H24N4O2. The molecule has 1 fully saturated rings. The molecule has 1 heterocycles. The van der Waals surface area contributed by atoms with Gasteiger partial charge in [0.05, 0.1) is 18.4 Å². The standard InChI is InChI=1S/C13H24N4O2/c1-10(18)9-17-8-7-16(3)12(13(17)19)5-4-6-15-11(2)14/h12H,4-9H2,1-3H3,(H2,14,15). The number of Topliss-reactive ketones (excluding diaryl/α,β-unsaturated/α-hetero) is 1. The fourth-order valence-electron chi connectivity index (χ4n) is 2.25. The highest BCUT2D eigenvalue weighted by Gasteiger charge is 2.32. The number of amidine groups is 1. The summed E-state index contributed by atoms with van der Waals surface area (Å²) in [5.41, 5.74) is 5.47. The monoisotopic (exact) mass is 268 g/mol. The molecule has 1 saturated heterocycles. The minimum atomic E-state index is -0.138. The minimum absolute atomic E-state index is 0.0278. The van der Waals surface area contributed by atoms with Crippen molar-refractivity contribution in [1.29, 1.82) is 0 Å². The van der Waals surface area contributed by atoms with Crippen molar-refractivity contribution < 1.29 is 9.59 Å². The predicted octanol–water partition coefficient (Wildman–Crippen LogP) is -0.125. The zero-order chi connectivity index (χ0) is 14.4. The molecule has 1 aliphatic heterocycles. The van der Waals surface area contributed by atoms with E-state index in [-0.39, 0.29) is 24.3 Å². The number of piperazine rings is 1. The summed E-state index contributed by atoms with van der Waals surface area (Å²) in [5.74, 6) is 0.652. The van der Waals surface area contributed by atoms with Gasteiger partial charge in [-0.25, -0.2) is 0 Å². The lowest BCUT2D eigenvalue weighted by Gasteiger charge is -2.38. The SMILES string of the molecule is CC(=O)CN1CCN(C)C(CCCN=C(C)N)C1=O. The Morgan fingerprint density at radius 3 is 2.68 bits per heavy atom. The van der Waals surface area contributed by atoms with Gasteiger partial charge in [-0.1, -0.05) is 0 Å². The van der Waals surface area contributed by atoms with Crippen LogP contribution >= 0.6 is 0 Å². The number of carbonyl (C=O) groups is 2. The smallest absolute Gasteiger partial charge is 0.240 e. The molecular weight excluding hydrogens is 244 g/mol. The summed E-state index contributed by atoms with van der Waals surface area (Å²) in [4.78, 5) is 31.2.